The lowest BCUT2D eigenvalue weighted by Gasteiger charge is -2.34. The molecule has 1 unspecified atom stereocenters. The minimum atomic E-state index is -0.226. The Morgan fingerprint density at radius 3 is 2.78 bits per heavy atom. The Labute approximate surface area is 192 Å². The van der Waals surface area contributed by atoms with Crippen molar-refractivity contribution in [3.05, 3.63) is 74.8 Å². The molecule has 1 saturated carbocycles. The van der Waals surface area contributed by atoms with E-state index in [0.29, 0.717) is 10.4 Å². The fourth-order valence-electron chi connectivity index (χ4n) is 6.27. The Bertz CT molecular complexity index is 1320. The molecule has 2 heterocycles. The zero-order valence-corrected chi connectivity index (χ0v) is 18.9. The van der Waals surface area contributed by atoms with Crippen LogP contribution in [0.4, 0.5) is 0 Å². The topological polar surface area (TPSA) is 55.1 Å². The quantitative estimate of drug-likeness (QED) is 0.543. The third-order valence-corrected chi connectivity index (χ3v) is 8.13. The van der Waals surface area contributed by atoms with Crippen molar-refractivity contribution < 1.29 is 5.11 Å². The van der Waals surface area contributed by atoms with Crippen molar-refractivity contribution in [1.29, 1.82) is 0 Å². The molecule has 2 aromatic carbocycles. The molecule has 4 nitrogen and oxygen atoms in total. The standard InChI is InChI=1S/C27H27ClN2O2/c28-21-8-5-9-23-24(21)25(32)29-26-27(12-2-1-3-13-27)20-15-19(10-11-22(20)30(23)26)18-7-4-6-17(14-18)16-31/h5,8-11,14-15,17,31H,1-4,6-7,12-13,16H2. The largest absolute Gasteiger partial charge is 0.396 e. The first-order valence-electron chi connectivity index (χ1n) is 11.8. The van der Waals surface area contributed by atoms with Crippen molar-refractivity contribution >= 4 is 28.1 Å². The third-order valence-electron chi connectivity index (χ3n) is 7.82. The van der Waals surface area contributed by atoms with Gasteiger partial charge in [-0.05, 0) is 73.1 Å². The van der Waals surface area contributed by atoms with Crippen LogP contribution >= 0.6 is 11.6 Å². The zero-order valence-electron chi connectivity index (χ0n) is 18.1. The van der Waals surface area contributed by atoms with Gasteiger partial charge in [0, 0.05) is 12.5 Å². The number of halogens is 1. The molecule has 32 heavy (non-hydrogen) atoms. The summed E-state index contributed by atoms with van der Waals surface area (Å²) < 4.78 is 2.19. The van der Waals surface area contributed by atoms with Crippen molar-refractivity contribution in [2.45, 2.75) is 56.8 Å². The molecule has 3 aromatic rings. The number of aromatic nitrogens is 2. The van der Waals surface area contributed by atoms with Gasteiger partial charge in [-0.15, -0.1) is 0 Å². The van der Waals surface area contributed by atoms with Crippen LogP contribution in [0.25, 0.3) is 22.2 Å². The molecule has 6 rings (SSSR count). The summed E-state index contributed by atoms with van der Waals surface area (Å²) in [5.41, 5.74) is 5.39. The van der Waals surface area contributed by atoms with E-state index in [0.717, 1.165) is 62.0 Å². The molecule has 1 aromatic heterocycles. The van der Waals surface area contributed by atoms with Crippen LogP contribution in [0.1, 0.15) is 68.3 Å². The van der Waals surface area contributed by atoms with Gasteiger partial charge in [0.25, 0.3) is 5.56 Å². The second-order valence-corrected chi connectivity index (χ2v) is 10.0. The second kappa shape index (κ2) is 7.57. The number of allylic oxidation sites excluding steroid dienone is 1. The summed E-state index contributed by atoms with van der Waals surface area (Å²) in [5.74, 6) is 1.13. The zero-order chi connectivity index (χ0) is 21.9. The van der Waals surface area contributed by atoms with Crippen LogP contribution in [-0.2, 0) is 5.41 Å². The van der Waals surface area contributed by atoms with Gasteiger partial charge in [-0.3, -0.25) is 9.36 Å². The van der Waals surface area contributed by atoms with Crippen molar-refractivity contribution in [2.24, 2.45) is 5.92 Å². The first kappa shape index (κ1) is 20.2. The van der Waals surface area contributed by atoms with Gasteiger partial charge < -0.3 is 5.11 Å². The van der Waals surface area contributed by atoms with E-state index in [1.807, 2.05) is 12.1 Å². The number of benzene rings is 2. The van der Waals surface area contributed by atoms with Crippen LogP contribution in [-0.4, -0.2) is 21.3 Å². The van der Waals surface area contributed by atoms with Gasteiger partial charge in [0.05, 0.1) is 27.0 Å². The Balaban J connectivity index is 1.62. The molecule has 1 aliphatic heterocycles. The number of aliphatic hydroxyl groups is 1. The van der Waals surface area contributed by atoms with Crippen LogP contribution in [0.3, 0.4) is 0 Å². The van der Waals surface area contributed by atoms with Crippen LogP contribution < -0.4 is 5.56 Å². The highest BCUT2D eigenvalue weighted by atomic mass is 35.5. The first-order valence-corrected chi connectivity index (χ1v) is 12.2. The molecule has 2 aliphatic carbocycles. The summed E-state index contributed by atoms with van der Waals surface area (Å²) in [6.07, 6.45) is 11.0. The van der Waals surface area contributed by atoms with E-state index < -0.39 is 0 Å². The molecule has 1 atom stereocenters. The molecule has 1 N–H and O–H groups in total. The third kappa shape index (κ3) is 2.85. The maximum atomic E-state index is 13.1. The monoisotopic (exact) mass is 446 g/mol. The SMILES string of the molecule is O=c1nc2n(c3cccc(Cl)c13)-c1ccc(C3=CC(CO)CCC3)cc1C21CCCCC1. The van der Waals surface area contributed by atoms with E-state index in [4.69, 9.17) is 11.6 Å². The van der Waals surface area contributed by atoms with Gasteiger partial charge >= 0.3 is 0 Å². The molecule has 164 valence electrons. The fourth-order valence-corrected chi connectivity index (χ4v) is 6.52. The summed E-state index contributed by atoms with van der Waals surface area (Å²) in [6, 6.07) is 12.4. The molecular weight excluding hydrogens is 420 g/mol. The summed E-state index contributed by atoms with van der Waals surface area (Å²) in [5, 5.41) is 10.6. The molecule has 0 amide bonds. The Morgan fingerprint density at radius 2 is 1.97 bits per heavy atom. The van der Waals surface area contributed by atoms with E-state index in [1.165, 1.54) is 23.1 Å². The molecule has 0 bridgehead atoms. The number of hydrogen-bond acceptors (Lipinski definition) is 3. The Kier molecular flexibility index (Phi) is 4.78. The highest BCUT2D eigenvalue weighted by molar-refractivity contribution is 6.35. The maximum Gasteiger partial charge on any atom is 0.282 e. The molecule has 0 radical (unpaired) electrons. The number of fused-ring (bicyclic) bond motifs is 7. The number of hydrogen-bond donors (Lipinski definition) is 1. The smallest absolute Gasteiger partial charge is 0.282 e. The minimum absolute atomic E-state index is 0.211. The summed E-state index contributed by atoms with van der Waals surface area (Å²) in [6.45, 7) is 0.211. The second-order valence-electron chi connectivity index (χ2n) is 9.61. The molecule has 1 fully saturated rings. The van der Waals surface area contributed by atoms with Crippen LogP contribution in [0.5, 0.6) is 0 Å². The average Bonchev–Trinajstić information content (AvgIpc) is 3.08. The molecular formula is C27H27ClN2O2. The van der Waals surface area contributed by atoms with Crippen molar-refractivity contribution in [2.75, 3.05) is 6.61 Å². The van der Waals surface area contributed by atoms with Crippen molar-refractivity contribution in [3.8, 4) is 5.69 Å². The van der Waals surface area contributed by atoms with Gasteiger partial charge in [-0.25, -0.2) is 0 Å². The summed E-state index contributed by atoms with van der Waals surface area (Å²) in [7, 11) is 0. The van der Waals surface area contributed by atoms with Crippen molar-refractivity contribution in [3.63, 3.8) is 0 Å². The summed E-state index contributed by atoms with van der Waals surface area (Å²) >= 11 is 6.44. The number of aliphatic hydroxyl groups excluding tert-OH is 1. The van der Waals surface area contributed by atoms with Gasteiger partial charge in [0.15, 0.2) is 0 Å². The highest BCUT2D eigenvalue weighted by Crippen LogP contribution is 2.52. The number of nitrogens with zero attached hydrogens (tertiary/aromatic N) is 2. The lowest BCUT2D eigenvalue weighted by molar-refractivity contribution is 0.242. The summed E-state index contributed by atoms with van der Waals surface area (Å²) in [4.78, 5) is 17.8. The highest BCUT2D eigenvalue weighted by Gasteiger charge is 2.46. The van der Waals surface area contributed by atoms with E-state index in [2.05, 4.69) is 33.8 Å². The normalized spacial score (nSPS) is 21.4. The van der Waals surface area contributed by atoms with Gasteiger partial charge in [0.2, 0.25) is 0 Å². The molecule has 3 aliphatic rings. The Morgan fingerprint density at radius 1 is 1.12 bits per heavy atom. The van der Waals surface area contributed by atoms with E-state index >= 15 is 0 Å². The molecule has 1 spiro atoms. The van der Waals surface area contributed by atoms with Crippen molar-refractivity contribution in [1.82, 2.24) is 9.55 Å². The van der Waals surface area contributed by atoms with Crippen LogP contribution in [0.15, 0.2) is 47.3 Å². The van der Waals surface area contributed by atoms with E-state index in [-0.39, 0.29) is 23.5 Å². The van der Waals surface area contributed by atoms with Gasteiger partial charge in [0.1, 0.15) is 5.82 Å². The van der Waals surface area contributed by atoms with E-state index in [1.54, 1.807) is 6.07 Å². The van der Waals surface area contributed by atoms with Gasteiger partial charge in [-0.1, -0.05) is 49.1 Å². The predicted molar refractivity (Wildman–Crippen MR) is 129 cm³/mol. The molecule has 0 saturated heterocycles. The van der Waals surface area contributed by atoms with Gasteiger partial charge in [-0.2, -0.15) is 4.98 Å². The molecule has 5 heteroatoms. The Hall–Kier alpha value is -2.43. The first-order chi connectivity index (χ1) is 15.6. The lowest BCUT2D eigenvalue weighted by Crippen LogP contribution is -2.32. The van der Waals surface area contributed by atoms with Crippen LogP contribution in [0.2, 0.25) is 5.02 Å². The number of rotatable bonds is 2. The van der Waals surface area contributed by atoms with E-state index in [9.17, 15) is 9.90 Å². The minimum Gasteiger partial charge on any atom is -0.396 e. The average molecular weight is 447 g/mol. The van der Waals surface area contributed by atoms with Crippen LogP contribution in [0, 0.1) is 5.92 Å². The predicted octanol–water partition coefficient (Wildman–Crippen LogP) is 5.78. The fraction of sp³-hybridized carbons (Fsp3) is 0.407. The maximum absolute atomic E-state index is 13.1. The lowest BCUT2D eigenvalue weighted by atomic mass is 9.69.